The van der Waals surface area contributed by atoms with E-state index in [1.54, 1.807) is 37.3 Å². The average molecular weight is 437 g/mol. The van der Waals surface area contributed by atoms with Crippen LogP contribution in [0.2, 0.25) is 0 Å². The molecule has 1 N–H and O–H groups in total. The predicted molar refractivity (Wildman–Crippen MR) is 114 cm³/mol. The van der Waals surface area contributed by atoms with Crippen LogP contribution in [0.3, 0.4) is 0 Å². The van der Waals surface area contributed by atoms with E-state index in [4.69, 9.17) is 9.15 Å². The number of nitrogens with zero attached hydrogens (tertiary/aromatic N) is 2. The fourth-order valence-electron chi connectivity index (χ4n) is 2.99. The van der Waals surface area contributed by atoms with Crippen LogP contribution < -0.4 is 5.32 Å². The molecule has 156 valence electrons. The number of ether oxygens (including phenoxy) is 1. The van der Waals surface area contributed by atoms with E-state index < -0.39 is 16.8 Å². The highest BCUT2D eigenvalue weighted by atomic mass is 32.1. The summed E-state index contributed by atoms with van der Waals surface area (Å²) in [6.45, 7) is 1.75. The summed E-state index contributed by atoms with van der Waals surface area (Å²) in [6.07, 6.45) is 0. The summed E-state index contributed by atoms with van der Waals surface area (Å²) in [5.41, 5.74) is 1.92. The third kappa shape index (κ3) is 4.01. The normalized spacial score (nSPS) is 10.8. The van der Waals surface area contributed by atoms with Gasteiger partial charge in [0.15, 0.2) is 10.9 Å². The number of amides is 1. The van der Waals surface area contributed by atoms with Crippen molar-refractivity contribution in [1.29, 1.82) is 0 Å². The minimum atomic E-state index is -0.548. The number of hydrogen-bond donors (Lipinski definition) is 1. The Labute approximate surface area is 179 Å². The Morgan fingerprint density at radius 3 is 2.71 bits per heavy atom. The van der Waals surface area contributed by atoms with Crippen molar-refractivity contribution < 1.29 is 23.7 Å². The lowest BCUT2D eigenvalue weighted by atomic mass is 10.1. The summed E-state index contributed by atoms with van der Waals surface area (Å²) in [4.78, 5) is 39.4. The molecule has 10 heteroatoms. The first-order valence-electron chi connectivity index (χ1n) is 9.01. The molecule has 0 saturated carbocycles. The number of anilines is 1. The van der Waals surface area contributed by atoms with Gasteiger partial charge in [0.1, 0.15) is 5.76 Å². The molecule has 2 aromatic heterocycles. The number of esters is 1. The lowest BCUT2D eigenvalue weighted by molar-refractivity contribution is -0.384. The van der Waals surface area contributed by atoms with Crippen molar-refractivity contribution in [2.75, 3.05) is 12.4 Å². The van der Waals surface area contributed by atoms with Gasteiger partial charge in [-0.15, -0.1) is 0 Å². The van der Waals surface area contributed by atoms with E-state index >= 15 is 0 Å². The Morgan fingerprint density at radius 1 is 1.16 bits per heavy atom. The highest BCUT2D eigenvalue weighted by Gasteiger charge is 2.21. The second-order valence-corrected chi connectivity index (χ2v) is 7.62. The zero-order chi connectivity index (χ0) is 22.1. The molecule has 0 fully saturated rings. The second kappa shape index (κ2) is 8.00. The third-order valence-electron chi connectivity index (χ3n) is 4.48. The number of rotatable bonds is 5. The highest BCUT2D eigenvalue weighted by molar-refractivity contribution is 7.22. The van der Waals surface area contributed by atoms with Gasteiger partial charge in [0.25, 0.3) is 11.6 Å². The minimum absolute atomic E-state index is 0.0145. The van der Waals surface area contributed by atoms with Crippen molar-refractivity contribution in [3.8, 4) is 11.3 Å². The molecule has 0 bridgehead atoms. The van der Waals surface area contributed by atoms with Gasteiger partial charge in [0, 0.05) is 6.07 Å². The van der Waals surface area contributed by atoms with Gasteiger partial charge in [0.05, 0.1) is 33.4 Å². The number of carbonyl (C=O) groups is 2. The number of hydrogen-bond acceptors (Lipinski definition) is 8. The number of nitro benzene ring substituents is 1. The first kappa shape index (κ1) is 20.2. The van der Waals surface area contributed by atoms with Gasteiger partial charge in [-0.05, 0) is 48.9 Å². The molecule has 0 unspecified atom stereocenters. The van der Waals surface area contributed by atoms with Crippen LogP contribution in [0.5, 0.6) is 0 Å². The Balaban J connectivity index is 1.57. The number of aryl methyl sites for hydroxylation is 1. The number of aromatic nitrogens is 1. The quantitative estimate of drug-likeness (QED) is 0.270. The Kier molecular flexibility index (Phi) is 5.22. The van der Waals surface area contributed by atoms with Crippen LogP contribution in [0, 0.1) is 17.0 Å². The number of nitro groups is 1. The summed E-state index contributed by atoms with van der Waals surface area (Å²) in [5, 5.41) is 14.3. The Morgan fingerprint density at radius 2 is 1.97 bits per heavy atom. The smallest absolute Gasteiger partial charge is 0.337 e. The molecule has 0 atom stereocenters. The summed E-state index contributed by atoms with van der Waals surface area (Å²) in [7, 11) is 1.30. The molecular weight excluding hydrogens is 422 g/mol. The maximum absolute atomic E-state index is 12.6. The van der Waals surface area contributed by atoms with Gasteiger partial charge in [0.2, 0.25) is 0 Å². The molecular formula is C21H15N3O6S. The van der Waals surface area contributed by atoms with Crippen LogP contribution in [0.15, 0.2) is 52.9 Å². The van der Waals surface area contributed by atoms with E-state index in [1.165, 1.54) is 36.6 Å². The largest absolute Gasteiger partial charge is 0.465 e. The van der Waals surface area contributed by atoms with Gasteiger partial charge < -0.3 is 9.15 Å². The van der Waals surface area contributed by atoms with Crippen molar-refractivity contribution in [3.05, 3.63) is 75.5 Å². The second-order valence-electron chi connectivity index (χ2n) is 6.59. The number of nitrogens with one attached hydrogen (secondary N) is 1. The van der Waals surface area contributed by atoms with Gasteiger partial charge >= 0.3 is 5.97 Å². The monoisotopic (exact) mass is 437 g/mol. The standard InChI is InChI=1S/C21H15N3O6S/c1-11-3-5-13(15(9-11)24(27)28)16-7-8-17(30-16)19(25)23-21-22-14-6-4-12(20(26)29-2)10-18(14)31-21/h3-10H,1-2H3,(H,22,23,25). The van der Waals surface area contributed by atoms with E-state index in [2.05, 4.69) is 10.3 Å². The summed E-state index contributed by atoms with van der Waals surface area (Å²) >= 11 is 1.19. The lowest BCUT2D eigenvalue weighted by Gasteiger charge is -2.01. The van der Waals surface area contributed by atoms with E-state index in [-0.39, 0.29) is 22.8 Å². The van der Waals surface area contributed by atoms with Crippen molar-refractivity contribution in [1.82, 2.24) is 4.98 Å². The lowest BCUT2D eigenvalue weighted by Crippen LogP contribution is -2.10. The van der Waals surface area contributed by atoms with Crippen molar-refractivity contribution in [3.63, 3.8) is 0 Å². The molecule has 0 aliphatic heterocycles. The highest BCUT2D eigenvalue weighted by Crippen LogP contribution is 2.32. The molecule has 0 aliphatic rings. The van der Waals surface area contributed by atoms with Crippen LogP contribution in [-0.4, -0.2) is 28.9 Å². The van der Waals surface area contributed by atoms with E-state index in [1.807, 2.05) is 0 Å². The maximum Gasteiger partial charge on any atom is 0.337 e. The zero-order valence-corrected chi connectivity index (χ0v) is 17.2. The molecule has 0 aliphatic carbocycles. The Hall–Kier alpha value is -4.05. The predicted octanol–water partition coefficient (Wildman–Crippen LogP) is 4.81. The van der Waals surface area contributed by atoms with Crippen LogP contribution in [-0.2, 0) is 4.74 Å². The molecule has 9 nitrogen and oxygen atoms in total. The molecule has 31 heavy (non-hydrogen) atoms. The number of methoxy groups -OCH3 is 1. The van der Waals surface area contributed by atoms with Crippen LogP contribution in [0.4, 0.5) is 10.8 Å². The van der Waals surface area contributed by atoms with E-state index in [0.29, 0.717) is 20.9 Å². The third-order valence-corrected chi connectivity index (χ3v) is 5.41. The number of fused-ring (bicyclic) bond motifs is 1. The van der Waals surface area contributed by atoms with Crippen LogP contribution in [0.25, 0.3) is 21.5 Å². The van der Waals surface area contributed by atoms with Gasteiger partial charge in [-0.3, -0.25) is 20.2 Å². The Bertz CT molecular complexity index is 1340. The zero-order valence-electron chi connectivity index (χ0n) is 16.4. The van der Waals surface area contributed by atoms with E-state index in [9.17, 15) is 19.7 Å². The van der Waals surface area contributed by atoms with Crippen LogP contribution in [0.1, 0.15) is 26.5 Å². The van der Waals surface area contributed by atoms with Crippen molar-refractivity contribution >= 4 is 44.2 Å². The average Bonchev–Trinajstić information content (AvgIpc) is 3.39. The minimum Gasteiger partial charge on any atom is -0.465 e. The van der Waals surface area contributed by atoms with Gasteiger partial charge in [-0.1, -0.05) is 17.4 Å². The van der Waals surface area contributed by atoms with Gasteiger partial charge in [-0.2, -0.15) is 0 Å². The first-order valence-corrected chi connectivity index (χ1v) is 9.83. The van der Waals surface area contributed by atoms with Crippen molar-refractivity contribution in [2.24, 2.45) is 0 Å². The molecule has 4 rings (SSSR count). The van der Waals surface area contributed by atoms with Gasteiger partial charge in [-0.25, -0.2) is 9.78 Å². The maximum atomic E-state index is 12.6. The van der Waals surface area contributed by atoms with E-state index in [0.717, 1.165) is 5.56 Å². The molecule has 0 saturated heterocycles. The molecule has 0 spiro atoms. The fourth-order valence-corrected chi connectivity index (χ4v) is 3.89. The number of benzene rings is 2. The number of carbonyl (C=O) groups excluding carboxylic acids is 2. The fraction of sp³-hybridized carbons (Fsp3) is 0.0952. The number of furan rings is 1. The molecule has 0 radical (unpaired) electrons. The van der Waals surface area contributed by atoms with Crippen molar-refractivity contribution in [2.45, 2.75) is 6.92 Å². The number of thiazole rings is 1. The summed E-state index contributed by atoms with van der Waals surface area (Å²) in [6, 6.07) is 12.6. The topological polar surface area (TPSA) is 125 Å². The first-order chi connectivity index (χ1) is 14.9. The molecule has 2 aromatic carbocycles. The SMILES string of the molecule is COC(=O)c1ccc2nc(NC(=O)c3ccc(-c4ccc(C)cc4[N+](=O)[O-])o3)sc2c1. The summed E-state index contributed by atoms with van der Waals surface area (Å²) < 4.78 is 11.0. The molecule has 1 amide bonds. The van der Waals surface area contributed by atoms with Crippen LogP contribution >= 0.6 is 11.3 Å². The summed E-state index contributed by atoms with van der Waals surface area (Å²) in [5.74, 6) is -0.814. The molecule has 4 aromatic rings. The molecule has 2 heterocycles.